The minimum Gasteiger partial charge on any atom is -0.298 e. The molecular formula is C17H12BrClN4OS. The Balaban J connectivity index is 1.99. The van der Waals surface area contributed by atoms with Gasteiger partial charge in [-0.25, -0.2) is 5.01 Å². The van der Waals surface area contributed by atoms with Gasteiger partial charge in [0.15, 0.2) is 11.3 Å². The monoisotopic (exact) mass is 434 g/mol. The molecule has 126 valence electrons. The van der Waals surface area contributed by atoms with Gasteiger partial charge in [-0.2, -0.15) is 0 Å². The fraction of sp³-hybridized carbons (Fsp3) is 0.118. The van der Waals surface area contributed by atoms with Gasteiger partial charge in [0.1, 0.15) is 5.70 Å². The summed E-state index contributed by atoms with van der Waals surface area (Å²) in [5, 5.41) is 11.8. The van der Waals surface area contributed by atoms with E-state index >= 15 is 0 Å². The number of amides is 1. The summed E-state index contributed by atoms with van der Waals surface area (Å²) < 4.78 is 0.881. The van der Waals surface area contributed by atoms with E-state index < -0.39 is 6.17 Å². The number of carbonyl (C=O) groups is 1. The van der Waals surface area contributed by atoms with Crippen LogP contribution in [0.1, 0.15) is 11.7 Å². The highest BCUT2D eigenvalue weighted by Gasteiger charge is 2.34. The number of hydrogen-bond donors (Lipinski definition) is 1. The van der Waals surface area contributed by atoms with Crippen LogP contribution in [0.4, 0.5) is 0 Å². The van der Waals surface area contributed by atoms with Crippen LogP contribution in [-0.4, -0.2) is 22.3 Å². The van der Waals surface area contributed by atoms with Crippen LogP contribution in [0.25, 0.3) is 5.70 Å². The Hall–Kier alpha value is -1.83. The van der Waals surface area contributed by atoms with Crippen molar-refractivity contribution in [2.24, 2.45) is 10.1 Å². The first-order valence-electron chi connectivity index (χ1n) is 7.43. The maximum absolute atomic E-state index is 12.7. The third kappa shape index (κ3) is 2.96. The molecule has 0 spiro atoms. The molecular weight excluding hydrogens is 424 g/mol. The van der Waals surface area contributed by atoms with Gasteiger partial charge in [-0.05, 0) is 42.2 Å². The Labute approximate surface area is 161 Å². The first-order valence-corrected chi connectivity index (χ1v) is 9.83. The molecule has 0 saturated carbocycles. The zero-order chi connectivity index (χ0) is 17.6. The summed E-state index contributed by atoms with van der Waals surface area (Å²) in [6, 6.07) is 13.1. The van der Waals surface area contributed by atoms with Gasteiger partial charge in [-0.3, -0.25) is 15.1 Å². The predicted molar refractivity (Wildman–Crippen MR) is 103 cm³/mol. The van der Waals surface area contributed by atoms with Crippen molar-refractivity contribution in [3.05, 3.63) is 68.1 Å². The minimum absolute atomic E-state index is 0.187. The van der Waals surface area contributed by atoms with E-state index in [2.05, 4.69) is 26.3 Å². The Morgan fingerprint density at radius 3 is 2.72 bits per heavy atom. The molecule has 0 aromatic heterocycles. The Kier molecular flexibility index (Phi) is 4.31. The molecule has 1 N–H and O–H groups in total. The number of fused-ring (bicyclic) bond motifs is 2. The maximum atomic E-state index is 12.7. The maximum Gasteiger partial charge on any atom is 0.276 e. The number of nitrogens with one attached hydrogen (secondary N) is 1. The molecule has 2 aliphatic rings. The van der Waals surface area contributed by atoms with Gasteiger partial charge in [0.2, 0.25) is 0 Å². The van der Waals surface area contributed by atoms with E-state index in [1.54, 1.807) is 5.01 Å². The molecule has 1 atom stereocenters. The quantitative estimate of drug-likeness (QED) is 0.749. The summed E-state index contributed by atoms with van der Waals surface area (Å²) in [5.74, 6) is -0.187. The van der Waals surface area contributed by atoms with E-state index in [4.69, 9.17) is 16.6 Å². The fourth-order valence-electron chi connectivity index (χ4n) is 2.80. The van der Waals surface area contributed by atoms with Crippen molar-refractivity contribution >= 4 is 56.1 Å². The lowest BCUT2D eigenvalue weighted by Gasteiger charge is -2.33. The Morgan fingerprint density at radius 2 is 2.00 bits per heavy atom. The van der Waals surface area contributed by atoms with Gasteiger partial charge in [-0.15, -0.1) is 5.10 Å². The van der Waals surface area contributed by atoms with Crippen molar-refractivity contribution in [2.45, 2.75) is 6.17 Å². The number of amidine groups is 1. The summed E-state index contributed by atoms with van der Waals surface area (Å²) in [7, 11) is 0. The molecule has 0 fully saturated rings. The normalized spacial score (nSPS) is 18.8. The van der Waals surface area contributed by atoms with Crippen molar-refractivity contribution < 1.29 is 4.79 Å². The van der Waals surface area contributed by atoms with Gasteiger partial charge < -0.3 is 0 Å². The van der Waals surface area contributed by atoms with E-state index in [1.165, 1.54) is 11.8 Å². The van der Waals surface area contributed by atoms with E-state index in [9.17, 15) is 4.79 Å². The molecule has 5 nitrogen and oxygen atoms in total. The second-order valence-corrected chi connectivity index (χ2v) is 7.62. The van der Waals surface area contributed by atoms with Crippen LogP contribution in [-0.2, 0) is 4.79 Å². The highest BCUT2D eigenvalue weighted by Crippen LogP contribution is 2.31. The summed E-state index contributed by atoms with van der Waals surface area (Å²) >= 11 is 10.8. The molecule has 8 heteroatoms. The van der Waals surface area contributed by atoms with Crippen LogP contribution in [0.2, 0.25) is 5.02 Å². The zero-order valence-electron chi connectivity index (χ0n) is 13.0. The van der Waals surface area contributed by atoms with E-state index in [1.807, 2.05) is 48.7 Å². The number of hydrazone groups is 1. The van der Waals surface area contributed by atoms with Crippen molar-refractivity contribution in [1.29, 1.82) is 0 Å². The molecule has 0 aliphatic carbocycles. The Morgan fingerprint density at radius 1 is 1.24 bits per heavy atom. The van der Waals surface area contributed by atoms with Crippen molar-refractivity contribution in [2.75, 3.05) is 6.26 Å². The first-order chi connectivity index (χ1) is 12.1. The molecule has 0 radical (unpaired) electrons. The third-order valence-electron chi connectivity index (χ3n) is 3.93. The lowest BCUT2D eigenvalue weighted by atomic mass is 10.1. The van der Waals surface area contributed by atoms with E-state index in [-0.39, 0.29) is 5.91 Å². The van der Waals surface area contributed by atoms with Crippen LogP contribution in [0.15, 0.2) is 57.0 Å². The molecule has 0 saturated heterocycles. The average Bonchev–Trinajstić information content (AvgIpc) is 2.61. The van der Waals surface area contributed by atoms with Gasteiger partial charge in [0, 0.05) is 14.7 Å². The SMILES string of the molecule is CSC1=NN2C(=c3cc(Br)ccc3=N[C@@H]2c2ccc(Cl)cc2)C(=O)N1. The summed E-state index contributed by atoms with van der Waals surface area (Å²) in [4.78, 5) is 17.6. The van der Waals surface area contributed by atoms with E-state index in [0.29, 0.717) is 15.9 Å². The number of benzene rings is 2. The summed E-state index contributed by atoms with van der Waals surface area (Å²) in [6.07, 6.45) is 1.45. The average molecular weight is 436 g/mol. The zero-order valence-corrected chi connectivity index (χ0v) is 16.2. The number of hydrogen-bond acceptors (Lipinski definition) is 5. The summed E-state index contributed by atoms with van der Waals surface area (Å²) in [5.41, 5.74) is 1.40. The molecule has 2 aliphatic heterocycles. The number of carbonyl (C=O) groups excluding carboxylic acids is 1. The molecule has 2 aromatic carbocycles. The van der Waals surface area contributed by atoms with Crippen molar-refractivity contribution in [3.63, 3.8) is 0 Å². The van der Waals surface area contributed by atoms with Gasteiger partial charge in [0.25, 0.3) is 5.91 Å². The topological polar surface area (TPSA) is 57.1 Å². The second kappa shape index (κ2) is 6.48. The van der Waals surface area contributed by atoms with Gasteiger partial charge >= 0.3 is 0 Å². The lowest BCUT2D eigenvalue weighted by molar-refractivity contribution is -0.116. The number of halogens is 2. The van der Waals surface area contributed by atoms with Crippen LogP contribution >= 0.6 is 39.3 Å². The lowest BCUT2D eigenvalue weighted by Crippen LogP contribution is -2.50. The standard InChI is InChI=1S/C17H12BrClN4OS/c1-25-17-21-16(24)14-12-8-10(18)4-7-13(12)20-15(23(14)22-17)9-2-5-11(19)6-3-9/h2-8,15H,1H3,(H,21,22,24)/t15-/m0/s1. The molecule has 0 bridgehead atoms. The van der Waals surface area contributed by atoms with Crippen LogP contribution < -0.4 is 15.9 Å². The van der Waals surface area contributed by atoms with Crippen molar-refractivity contribution in [3.8, 4) is 0 Å². The highest BCUT2D eigenvalue weighted by molar-refractivity contribution is 9.10. The Bertz CT molecular complexity index is 1020. The van der Waals surface area contributed by atoms with Crippen molar-refractivity contribution in [1.82, 2.24) is 10.3 Å². The van der Waals surface area contributed by atoms with Gasteiger partial charge in [0.05, 0.1) is 5.36 Å². The number of thioether (sulfide) groups is 1. The number of nitrogens with zero attached hydrogens (tertiary/aromatic N) is 3. The highest BCUT2D eigenvalue weighted by atomic mass is 79.9. The fourth-order valence-corrected chi connectivity index (χ4v) is 3.65. The predicted octanol–water partition coefficient (Wildman–Crippen LogP) is 2.61. The molecule has 4 rings (SSSR count). The second-order valence-electron chi connectivity index (χ2n) is 5.47. The molecule has 1 amide bonds. The van der Waals surface area contributed by atoms with Crippen LogP contribution in [0.5, 0.6) is 0 Å². The van der Waals surface area contributed by atoms with Crippen LogP contribution in [0, 0.1) is 0 Å². The summed E-state index contributed by atoms with van der Waals surface area (Å²) in [6.45, 7) is 0. The van der Waals surface area contributed by atoms with Crippen LogP contribution in [0.3, 0.4) is 0 Å². The molecule has 0 unspecified atom stereocenters. The smallest absolute Gasteiger partial charge is 0.276 e. The molecule has 2 aromatic rings. The van der Waals surface area contributed by atoms with Gasteiger partial charge in [-0.1, -0.05) is 51.4 Å². The molecule has 25 heavy (non-hydrogen) atoms. The van der Waals surface area contributed by atoms with E-state index in [0.717, 1.165) is 20.6 Å². The number of rotatable bonds is 1. The third-order valence-corrected chi connectivity index (χ3v) is 5.25. The minimum atomic E-state index is -0.422. The largest absolute Gasteiger partial charge is 0.298 e. The molecule has 2 heterocycles. The first kappa shape index (κ1) is 16.6.